The zero-order valence-electron chi connectivity index (χ0n) is 14.1. The highest BCUT2D eigenvalue weighted by molar-refractivity contribution is 5.39. The van der Waals surface area contributed by atoms with Crippen molar-refractivity contribution in [2.24, 2.45) is 0 Å². The first-order valence-corrected chi connectivity index (χ1v) is 7.63. The highest BCUT2D eigenvalue weighted by Gasteiger charge is 2.10. The van der Waals surface area contributed by atoms with E-state index in [2.05, 4.69) is 44.7 Å². The molecule has 2 rings (SSSR count). The number of aliphatic hydroxyl groups is 1. The molecule has 1 unspecified atom stereocenters. The highest BCUT2D eigenvalue weighted by Crippen LogP contribution is 2.24. The predicted molar refractivity (Wildman–Crippen MR) is 91.3 cm³/mol. The standard InChI is InChI=1S/C12H14.C7H15NO/c1-9-7-11-5-3-4-6-12(11)8-10(9)2;1-5-7(9)6(2)8(3)4/h3-6H,7-8H2,1-2H3;7,9H,2,5H2,1,3-4H3. The Morgan fingerprint density at radius 1 is 1.14 bits per heavy atom. The maximum Gasteiger partial charge on any atom is 0.0927 e. The highest BCUT2D eigenvalue weighted by atomic mass is 16.3. The summed E-state index contributed by atoms with van der Waals surface area (Å²) in [5.74, 6) is 0. The van der Waals surface area contributed by atoms with Gasteiger partial charge in [-0.05, 0) is 44.2 Å². The Hall–Kier alpha value is -1.54. The van der Waals surface area contributed by atoms with Crippen molar-refractivity contribution in [3.63, 3.8) is 0 Å². The summed E-state index contributed by atoms with van der Waals surface area (Å²) < 4.78 is 0. The van der Waals surface area contributed by atoms with Crippen LogP contribution < -0.4 is 0 Å². The number of aliphatic hydroxyl groups excluding tert-OH is 1. The first-order chi connectivity index (χ1) is 9.86. The third kappa shape index (κ3) is 5.05. The average molecular weight is 287 g/mol. The smallest absolute Gasteiger partial charge is 0.0927 e. The minimum atomic E-state index is -0.375. The molecule has 2 nitrogen and oxygen atoms in total. The second kappa shape index (κ2) is 8.04. The van der Waals surface area contributed by atoms with Crippen molar-refractivity contribution in [1.29, 1.82) is 0 Å². The van der Waals surface area contributed by atoms with Gasteiger partial charge in [-0.1, -0.05) is 48.9 Å². The molecular weight excluding hydrogens is 258 g/mol. The molecule has 1 N–H and O–H groups in total. The van der Waals surface area contributed by atoms with Gasteiger partial charge >= 0.3 is 0 Å². The van der Waals surface area contributed by atoms with Crippen LogP contribution in [0.2, 0.25) is 0 Å². The largest absolute Gasteiger partial charge is 0.387 e. The van der Waals surface area contributed by atoms with E-state index in [1.165, 1.54) is 11.1 Å². The maximum absolute atomic E-state index is 9.16. The van der Waals surface area contributed by atoms with Crippen molar-refractivity contribution in [3.05, 3.63) is 58.8 Å². The van der Waals surface area contributed by atoms with E-state index in [1.54, 1.807) is 11.1 Å². The fourth-order valence-electron chi connectivity index (χ4n) is 2.31. The summed E-state index contributed by atoms with van der Waals surface area (Å²) in [6.45, 7) is 10.1. The Morgan fingerprint density at radius 3 is 1.86 bits per heavy atom. The second-order valence-electron chi connectivity index (χ2n) is 5.99. The van der Waals surface area contributed by atoms with Crippen LogP contribution in [0.15, 0.2) is 47.7 Å². The first-order valence-electron chi connectivity index (χ1n) is 7.63. The van der Waals surface area contributed by atoms with E-state index in [-0.39, 0.29) is 6.10 Å². The molecule has 0 fully saturated rings. The first kappa shape index (κ1) is 17.5. The maximum atomic E-state index is 9.16. The predicted octanol–water partition coefficient (Wildman–Crippen LogP) is 3.95. The van der Waals surface area contributed by atoms with Gasteiger partial charge < -0.3 is 10.0 Å². The van der Waals surface area contributed by atoms with Gasteiger partial charge in [0.05, 0.1) is 6.10 Å². The number of benzene rings is 1. The molecule has 1 aromatic carbocycles. The molecule has 1 aliphatic carbocycles. The molecule has 0 spiro atoms. The van der Waals surface area contributed by atoms with Crippen LogP contribution in [-0.4, -0.2) is 30.2 Å². The number of rotatable bonds is 3. The number of hydrogen-bond donors (Lipinski definition) is 1. The summed E-state index contributed by atoms with van der Waals surface area (Å²) in [7, 11) is 3.75. The van der Waals surface area contributed by atoms with E-state index in [0.717, 1.165) is 25.0 Å². The monoisotopic (exact) mass is 287 g/mol. The SMILES string of the molecule is C=C(C(O)CC)N(C)C.CC1=C(C)Cc2ccccc2C1. The lowest BCUT2D eigenvalue weighted by Gasteiger charge is -2.19. The molecule has 1 aliphatic rings. The van der Waals surface area contributed by atoms with Gasteiger partial charge in [-0.3, -0.25) is 0 Å². The van der Waals surface area contributed by atoms with E-state index in [4.69, 9.17) is 5.11 Å². The van der Waals surface area contributed by atoms with Crippen LogP contribution in [0.5, 0.6) is 0 Å². The zero-order valence-corrected chi connectivity index (χ0v) is 14.1. The Balaban J connectivity index is 0.000000222. The van der Waals surface area contributed by atoms with E-state index in [9.17, 15) is 0 Å². The van der Waals surface area contributed by atoms with Gasteiger partial charge in [0.25, 0.3) is 0 Å². The summed E-state index contributed by atoms with van der Waals surface area (Å²) in [5.41, 5.74) is 6.90. The van der Waals surface area contributed by atoms with E-state index < -0.39 is 0 Å². The average Bonchev–Trinajstić information content (AvgIpc) is 2.47. The fraction of sp³-hybridized carbons (Fsp3) is 0.474. The van der Waals surface area contributed by atoms with Crippen molar-refractivity contribution in [3.8, 4) is 0 Å². The summed E-state index contributed by atoms with van der Waals surface area (Å²) >= 11 is 0. The van der Waals surface area contributed by atoms with Crippen LogP contribution in [0.1, 0.15) is 38.3 Å². The third-order valence-electron chi connectivity index (χ3n) is 4.10. The van der Waals surface area contributed by atoms with E-state index in [0.29, 0.717) is 0 Å². The lowest BCUT2D eigenvalue weighted by molar-refractivity contribution is 0.176. The molecule has 1 atom stereocenters. The van der Waals surface area contributed by atoms with Gasteiger partial charge in [0.2, 0.25) is 0 Å². The molecule has 0 aromatic heterocycles. The molecular formula is C19H29NO. The molecule has 0 heterocycles. The lowest BCUT2D eigenvalue weighted by Crippen LogP contribution is -2.21. The topological polar surface area (TPSA) is 23.5 Å². The molecule has 1 aromatic rings. The number of hydrogen-bond acceptors (Lipinski definition) is 2. The Labute approximate surface area is 129 Å². The molecule has 0 aliphatic heterocycles. The Morgan fingerprint density at radius 2 is 1.57 bits per heavy atom. The van der Waals surface area contributed by atoms with Gasteiger partial charge in [0.1, 0.15) is 0 Å². The summed E-state index contributed by atoms with van der Waals surface area (Å²) in [5, 5.41) is 9.16. The Kier molecular flexibility index (Phi) is 6.70. The molecule has 2 heteroatoms. The fourth-order valence-corrected chi connectivity index (χ4v) is 2.31. The van der Waals surface area contributed by atoms with Gasteiger partial charge in [-0.25, -0.2) is 0 Å². The minimum Gasteiger partial charge on any atom is -0.387 e. The van der Waals surface area contributed by atoms with Gasteiger partial charge in [0.15, 0.2) is 0 Å². The molecule has 0 radical (unpaired) electrons. The molecule has 0 saturated carbocycles. The van der Waals surface area contributed by atoms with Gasteiger partial charge in [-0.15, -0.1) is 0 Å². The van der Waals surface area contributed by atoms with Crippen molar-refractivity contribution < 1.29 is 5.11 Å². The zero-order chi connectivity index (χ0) is 16.0. The normalized spacial score (nSPS) is 14.8. The molecule has 21 heavy (non-hydrogen) atoms. The van der Waals surface area contributed by atoms with Crippen LogP contribution in [-0.2, 0) is 12.8 Å². The van der Waals surface area contributed by atoms with Crippen LogP contribution in [0.3, 0.4) is 0 Å². The number of nitrogens with zero attached hydrogens (tertiary/aromatic N) is 1. The Bertz CT molecular complexity index is 481. The lowest BCUT2D eigenvalue weighted by atomic mass is 9.88. The third-order valence-corrected chi connectivity index (χ3v) is 4.10. The number of allylic oxidation sites excluding steroid dienone is 2. The van der Waals surface area contributed by atoms with Crippen LogP contribution >= 0.6 is 0 Å². The van der Waals surface area contributed by atoms with Crippen LogP contribution in [0.4, 0.5) is 0 Å². The van der Waals surface area contributed by atoms with Crippen molar-refractivity contribution in [2.45, 2.75) is 46.1 Å². The summed E-state index contributed by atoms with van der Waals surface area (Å²) in [6, 6.07) is 8.75. The number of fused-ring (bicyclic) bond motifs is 1. The summed E-state index contributed by atoms with van der Waals surface area (Å²) in [4.78, 5) is 1.83. The quantitative estimate of drug-likeness (QED) is 0.851. The van der Waals surface area contributed by atoms with Crippen molar-refractivity contribution >= 4 is 0 Å². The van der Waals surface area contributed by atoms with E-state index in [1.807, 2.05) is 25.9 Å². The second-order valence-corrected chi connectivity index (χ2v) is 5.99. The summed E-state index contributed by atoms with van der Waals surface area (Å²) in [6.07, 6.45) is 2.67. The molecule has 0 saturated heterocycles. The van der Waals surface area contributed by atoms with Crippen LogP contribution in [0, 0.1) is 0 Å². The minimum absolute atomic E-state index is 0.375. The molecule has 0 amide bonds. The molecule has 116 valence electrons. The number of likely N-dealkylation sites (N-methyl/N-ethyl adjacent to an activating group) is 1. The van der Waals surface area contributed by atoms with Gasteiger partial charge in [-0.2, -0.15) is 0 Å². The van der Waals surface area contributed by atoms with Crippen molar-refractivity contribution in [2.75, 3.05) is 14.1 Å². The van der Waals surface area contributed by atoms with Crippen molar-refractivity contribution in [1.82, 2.24) is 4.90 Å². The van der Waals surface area contributed by atoms with E-state index >= 15 is 0 Å². The van der Waals surface area contributed by atoms with Gasteiger partial charge in [0, 0.05) is 19.8 Å². The van der Waals surface area contributed by atoms with Crippen LogP contribution in [0.25, 0.3) is 0 Å². The molecule has 0 bridgehead atoms.